The Morgan fingerprint density at radius 3 is 2.19 bits per heavy atom. The van der Waals surface area contributed by atoms with Gasteiger partial charge >= 0.3 is 0 Å². The Labute approximate surface area is 160 Å². The molecule has 0 bridgehead atoms. The van der Waals surface area contributed by atoms with E-state index in [0.29, 0.717) is 16.9 Å². The maximum Gasteiger partial charge on any atom is 0.255 e. The number of amides is 1. The lowest BCUT2D eigenvalue weighted by molar-refractivity contribution is 0.102. The van der Waals surface area contributed by atoms with Crippen molar-refractivity contribution in [1.29, 1.82) is 0 Å². The first kappa shape index (κ1) is 18.5. The van der Waals surface area contributed by atoms with Gasteiger partial charge in [0.1, 0.15) is 0 Å². The highest BCUT2D eigenvalue weighted by molar-refractivity contribution is 6.05. The molecule has 0 aliphatic heterocycles. The summed E-state index contributed by atoms with van der Waals surface area (Å²) in [5.41, 5.74) is 13.8. The first-order valence-electron chi connectivity index (χ1n) is 9.00. The summed E-state index contributed by atoms with van der Waals surface area (Å²) in [4.78, 5) is 12.4. The Kier molecular flexibility index (Phi) is 5.46. The molecule has 138 valence electrons. The summed E-state index contributed by atoms with van der Waals surface area (Å²) in [6.45, 7) is 7.17. The number of nitrogens with one attached hydrogen (secondary N) is 2. The Balaban J connectivity index is 1.63. The van der Waals surface area contributed by atoms with Crippen molar-refractivity contribution in [2.75, 3.05) is 16.4 Å². The minimum atomic E-state index is -0.177. The van der Waals surface area contributed by atoms with Gasteiger partial charge in [-0.15, -0.1) is 0 Å². The van der Waals surface area contributed by atoms with Gasteiger partial charge in [-0.3, -0.25) is 4.79 Å². The average molecular weight is 359 g/mol. The molecule has 0 unspecified atom stereocenters. The molecule has 4 nitrogen and oxygen atoms in total. The minimum absolute atomic E-state index is 0.177. The monoisotopic (exact) mass is 359 g/mol. The second-order valence-electron chi connectivity index (χ2n) is 6.83. The van der Waals surface area contributed by atoms with Crippen molar-refractivity contribution in [3.05, 3.63) is 88.5 Å². The van der Waals surface area contributed by atoms with E-state index in [4.69, 9.17) is 5.73 Å². The van der Waals surface area contributed by atoms with Crippen molar-refractivity contribution in [3.8, 4) is 0 Å². The predicted octanol–water partition coefficient (Wildman–Crippen LogP) is 5.06. The molecule has 0 heterocycles. The highest BCUT2D eigenvalue weighted by Gasteiger charge is 2.08. The summed E-state index contributed by atoms with van der Waals surface area (Å²) in [6.07, 6.45) is 0. The van der Waals surface area contributed by atoms with E-state index in [1.165, 1.54) is 22.3 Å². The molecule has 0 saturated carbocycles. The fourth-order valence-corrected chi connectivity index (χ4v) is 2.98. The van der Waals surface area contributed by atoms with Crippen LogP contribution in [0.15, 0.2) is 60.7 Å². The first-order chi connectivity index (χ1) is 12.9. The van der Waals surface area contributed by atoms with Crippen LogP contribution < -0.4 is 16.4 Å². The van der Waals surface area contributed by atoms with Crippen LogP contribution in [0.1, 0.15) is 32.6 Å². The lowest BCUT2D eigenvalue weighted by Crippen LogP contribution is -2.13. The van der Waals surface area contributed by atoms with Gasteiger partial charge in [0.05, 0.1) is 11.4 Å². The van der Waals surface area contributed by atoms with Crippen molar-refractivity contribution >= 4 is 23.0 Å². The van der Waals surface area contributed by atoms with E-state index >= 15 is 0 Å². The number of rotatable bonds is 5. The van der Waals surface area contributed by atoms with E-state index in [1.807, 2.05) is 36.4 Å². The molecule has 0 fully saturated rings. The summed E-state index contributed by atoms with van der Waals surface area (Å²) in [6, 6.07) is 19.1. The smallest absolute Gasteiger partial charge is 0.255 e. The molecular weight excluding hydrogens is 334 g/mol. The molecule has 0 atom stereocenters. The highest BCUT2D eigenvalue weighted by atomic mass is 16.1. The number of carbonyl (C=O) groups is 1. The molecule has 27 heavy (non-hydrogen) atoms. The summed E-state index contributed by atoms with van der Waals surface area (Å²) < 4.78 is 0. The van der Waals surface area contributed by atoms with Crippen LogP contribution in [-0.4, -0.2) is 5.91 Å². The number of para-hydroxylation sites is 2. The third kappa shape index (κ3) is 4.47. The van der Waals surface area contributed by atoms with Crippen LogP contribution in [0.4, 0.5) is 17.1 Å². The zero-order chi connectivity index (χ0) is 19.4. The second kappa shape index (κ2) is 7.96. The van der Waals surface area contributed by atoms with Crippen molar-refractivity contribution in [3.63, 3.8) is 0 Å². The predicted molar refractivity (Wildman–Crippen MR) is 113 cm³/mol. The maximum atomic E-state index is 12.4. The molecule has 4 N–H and O–H groups in total. The van der Waals surface area contributed by atoms with Crippen LogP contribution in [0.3, 0.4) is 0 Å². The Bertz CT molecular complexity index is 939. The Morgan fingerprint density at radius 2 is 1.56 bits per heavy atom. The molecule has 0 aliphatic rings. The van der Waals surface area contributed by atoms with E-state index in [2.05, 4.69) is 43.5 Å². The minimum Gasteiger partial charge on any atom is -0.397 e. The molecule has 0 aromatic heterocycles. The zero-order valence-electron chi connectivity index (χ0n) is 16.0. The van der Waals surface area contributed by atoms with Gasteiger partial charge in [-0.25, -0.2) is 0 Å². The SMILES string of the molecule is Cc1cc(CNc2ccc(C(=O)Nc3ccccc3N)cc2)cc(C)c1C. The van der Waals surface area contributed by atoms with Gasteiger partial charge in [-0.05, 0) is 79.4 Å². The molecule has 0 spiro atoms. The van der Waals surface area contributed by atoms with E-state index in [-0.39, 0.29) is 5.91 Å². The number of nitrogens with two attached hydrogens (primary N) is 1. The van der Waals surface area contributed by atoms with Crippen molar-refractivity contribution in [2.24, 2.45) is 0 Å². The van der Waals surface area contributed by atoms with Gasteiger partial charge in [-0.1, -0.05) is 24.3 Å². The van der Waals surface area contributed by atoms with Crippen LogP contribution in [0.5, 0.6) is 0 Å². The first-order valence-corrected chi connectivity index (χ1v) is 9.00. The molecule has 3 aromatic carbocycles. The van der Waals surface area contributed by atoms with Crippen LogP contribution in [0.2, 0.25) is 0 Å². The van der Waals surface area contributed by atoms with Gasteiger partial charge in [0.2, 0.25) is 0 Å². The third-order valence-electron chi connectivity index (χ3n) is 4.84. The summed E-state index contributed by atoms with van der Waals surface area (Å²) >= 11 is 0. The third-order valence-corrected chi connectivity index (χ3v) is 4.84. The maximum absolute atomic E-state index is 12.4. The van der Waals surface area contributed by atoms with Crippen LogP contribution >= 0.6 is 0 Å². The molecule has 0 saturated heterocycles. The lowest BCUT2D eigenvalue weighted by atomic mass is 10.0. The van der Waals surface area contributed by atoms with E-state index < -0.39 is 0 Å². The van der Waals surface area contributed by atoms with Gasteiger partial charge in [0.25, 0.3) is 5.91 Å². The molecule has 1 amide bonds. The Morgan fingerprint density at radius 1 is 0.926 bits per heavy atom. The number of hydrogen-bond donors (Lipinski definition) is 3. The standard InChI is InChI=1S/C23H25N3O/c1-15-12-18(13-16(2)17(15)3)14-25-20-10-8-19(9-11-20)23(27)26-22-7-5-4-6-21(22)24/h4-13,25H,14,24H2,1-3H3,(H,26,27). The normalized spacial score (nSPS) is 10.5. The topological polar surface area (TPSA) is 67.2 Å². The molecule has 4 heteroatoms. The van der Waals surface area contributed by atoms with Gasteiger partial charge in [0, 0.05) is 17.8 Å². The van der Waals surface area contributed by atoms with Crippen LogP contribution in [-0.2, 0) is 6.54 Å². The summed E-state index contributed by atoms with van der Waals surface area (Å²) in [5, 5.41) is 6.25. The summed E-state index contributed by atoms with van der Waals surface area (Å²) in [5.74, 6) is -0.177. The van der Waals surface area contributed by atoms with Crippen molar-refractivity contribution in [1.82, 2.24) is 0 Å². The zero-order valence-corrected chi connectivity index (χ0v) is 16.0. The van der Waals surface area contributed by atoms with Gasteiger partial charge in [0.15, 0.2) is 0 Å². The van der Waals surface area contributed by atoms with Crippen molar-refractivity contribution < 1.29 is 4.79 Å². The lowest BCUT2D eigenvalue weighted by Gasteiger charge is -2.12. The number of carbonyl (C=O) groups excluding carboxylic acids is 1. The fraction of sp³-hybridized carbons (Fsp3) is 0.174. The second-order valence-corrected chi connectivity index (χ2v) is 6.83. The van der Waals surface area contributed by atoms with Crippen LogP contribution in [0, 0.1) is 20.8 Å². The molecular formula is C23H25N3O. The molecule has 0 aliphatic carbocycles. The van der Waals surface area contributed by atoms with E-state index in [1.54, 1.807) is 12.1 Å². The van der Waals surface area contributed by atoms with Crippen LogP contribution in [0.25, 0.3) is 0 Å². The number of hydrogen-bond acceptors (Lipinski definition) is 3. The molecule has 3 rings (SSSR count). The fourth-order valence-electron chi connectivity index (χ4n) is 2.98. The quantitative estimate of drug-likeness (QED) is 0.558. The van der Waals surface area contributed by atoms with E-state index in [9.17, 15) is 4.79 Å². The van der Waals surface area contributed by atoms with E-state index in [0.717, 1.165) is 12.2 Å². The highest BCUT2D eigenvalue weighted by Crippen LogP contribution is 2.19. The Hall–Kier alpha value is -3.27. The number of nitrogen functional groups attached to an aromatic ring is 1. The van der Waals surface area contributed by atoms with Gasteiger partial charge < -0.3 is 16.4 Å². The number of benzene rings is 3. The summed E-state index contributed by atoms with van der Waals surface area (Å²) in [7, 11) is 0. The van der Waals surface area contributed by atoms with Gasteiger partial charge in [-0.2, -0.15) is 0 Å². The molecule has 3 aromatic rings. The number of aryl methyl sites for hydroxylation is 2. The average Bonchev–Trinajstić information content (AvgIpc) is 2.66. The molecule has 0 radical (unpaired) electrons. The number of anilines is 3. The van der Waals surface area contributed by atoms with Crippen molar-refractivity contribution in [2.45, 2.75) is 27.3 Å². The largest absolute Gasteiger partial charge is 0.397 e.